The summed E-state index contributed by atoms with van der Waals surface area (Å²) in [5.41, 5.74) is 4.18. The molecule has 0 radical (unpaired) electrons. The molecule has 17 heavy (non-hydrogen) atoms. The predicted octanol–water partition coefficient (Wildman–Crippen LogP) is 5.41. The SMILES string of the molecule is CCc1cc(C)c(-c2ccc(C(C)C)cc2)s1. The molecule has 0 saturated carbocycles. The number of hydrogen-bond acceptors (Lipinski definition) is 1. The molecule has 1 heteroatoms. The minimum atomic E-state index is 0.611. The van der Waals surface area contributed by atoms with Crippen molar-refractivity contribution in [3.05, 3.63) is 46.3 Å². The minimum absolute atomic E-state index is 0.611. The van der Waals surface area contributed by atoms with Crippen molar-refractivity contribution in [2.75, 3.05) is 0 Å². The summed E-state index contributed by atoms with van der Waals surface area (Å²) in [5.74, 6) is 0.611. The topological polar surface area (TPSA) is 0 Å². The molecule has 0 atom stereocenters. The number of hydrogen-bond donors (Lipinski definition) is 0. The summed E-state index contributed by atoms with van der Waals surface area (Å²) in [6.07, 6.45) is 1.13. The van der Waals surface area contributed by atoms with E-state index in [2.05, 4.69) is 58.0 Å². The van der Waals surface area contributed by atoms with Crippen LogP contribution < -0.4 is 0 Å². The summed E-state index contributed by atoms with van der Waals surface area (Å²) in [5, 5.41) is 0. The van der Waals surface area contributed by atoms with E-state index in [-0.39, 0.29) is 0 Å². The first-order valence-corrected chi connectivity index (χ1v) is 7.13. The Kier molecular flexibility index (Phi) is 3.68. The van der Waals surface area contributed by atoms with Crippen molar-refractivity contribution in [1.82, 2.24) is 0 Å². The molecular formula is C16H20S. The molecule has 0 aliphatic carbocycles. The third-order valence-corrected chi connectivity index (χ3v) is 4.59. The number of thiophene rings is 1. The molecule has 0 aliphatic rings. The molecule has 0 nitrogen and oxygen atoms in total. The Morgan fingerprint density at radius 3 is 2.24 bits per heavy atom. The molecule has 0 bridgehead atoms. The van der Waals surface area contributed by atoms with Crippen LogP contribution >= 0.6 is 11.3 Å². The summed E-state index contributed by atoms with van der Waals surface area (Å²) in [6.45, 7) is 8.90. The van der Waals surface area contributed by atoms with Crippen LogP contribution in [0.5, 0.6) is 0 Å². The molecule has 0 fully saturated rings. The van der Waals surface area contributed by atoms with Gasteiger partial charge in [-0.1, -0.05) is 45.0 Å². The van der Waals surface area contributed by atoms with Crippen molar-refractivity contribution >= 4 is 11.3 Å². The molecule has 1 aromatic heterocycles. The Balaban J connectivity index is 2.36. The van der Waals surface area contributed by atoms with E-state index < -0.39 is 0 Å². The zero-order valence-corrected chi connectivity index (χ0v) is 11.9. The largest absolute Gasteiger partial charge is 0.140 e. The maximum Gasteiger partial charge on any atom is 0.0374 e. The standard InChI is InChI=1S/C16H20S/c1-5-15-10-12(4)16(17-15)14-8-6-13(7-9-14)11(2)3/h6-11H,5H2,1-4H3. The third kappa shape index (κ3) is 2.61. The molecule has 0 unspecified atom stereocenters. The summed E-state index contributed by atoms with van der Waals surface area (Å²) in [4.78, 5) is 2.91. The van der Waals surface area contributed by atoms with Crippen LogP contribution in [0.25, 0.3) is 10.4 Å². The molecule has 2 aromatic rings. The van der Waals surface area contributed by atoms with E-state index in [0.29, 0.717) is 5.92 Å². The average molecular weight is 244 g/mol. The monoisotopic (exact) mass is 244 g/mol. The maximum absolute atomic E-state index is 2.32. The van der Waals surface area contributed by atoms with Crippen LogP contribution in [0.3, 0.4) is 0 Å². The van der Waals surface area contributed by atoms with Crippen LogP contribution in [-0.2, 0) is 6.42 Å². The zero-order valence-electron chi connectivity index (χ0n) is 11.1. The first kappa shape index (κ1) is 12.4. The van der Waals surface area contributed by atoms with Crippen molar-refractivity contribution in [2.45, 2.75) is 40.0 Å². The van der Waals surface area contributed by atoms with Crippen LogP contribution in [0, 0.1) is 6.92 Å². The van der Waals surface area contributed by atoms with E-state index in [4.69, 9.17) is 0 Å². The fraction of sp³-hybridized carbons (Fsp3) is 0.375. The van der Waals surface area contributed by atoms with Crippen LogP contribution in [-0.4, -0.2) is 0 Å². The van der Waals surface area contributed by atoms with Gasteiger partial charge < -0.3 is 0 Å². The van der Waals surface area contributed by atoms with Crippen LogP contribution in [0.15, 0.2) is 30.3 Å². The Morgan fingerprint density at radius 2 is 1.76 bits per heavy atom. The zero-order chi connectivity index (χ0) is 12.4. The van der Waals surface area contributed by atoms with Gasteiger partial charge in [-0.3, -0.25) is 0 Å². The highest BCUT2D eigenvalue weighted by Crippen LogP contribution is 2.33. The van der Waals surface area contributed by atoms with E-state index in [1.54, 1.807) is 0 Å². The molecule has 0 aliphatic heterocycles. The summed E-state index contributed by atoms with van der Waals surface area (Å²) in [6, 6.07) is 11.3. The van der Waals surface area contributed by atoms with Gasteiger partial charge in [-0.25, -0.2) is 0 Å². The highest BCUT2D eigenvalue weighted by Gasteiger charge is 2.07. The van der Waals surface area contributed by atoms with E-state index in [1.807, 2.05) is 11.3 Å². The number of benzene rings is 1. The minimum Gasteiger partial charge on any atom is -0.140 e. The number of rotatable bonds is 3. The van der Waals surface area contributed by atoms with Gasteiger partial charge in [0.1, 0.15) is 0 Å². The van der Waals surface area contributed by atoms with Gasteiger partial charge in [0.15, 0.2) is 0 Å². The molecular weight excluding hydrogens is 224 g/mol. The van der Waals surface area contributed by atoms with E-state index in [0.717, 1.165) is 6.42 Å². The van der Waals surface area contributed by atoms with Gasteiger partial charge in [0, 0.05) is 9.75 Å². The molecule has 1 aromatic carbocycles. The van der Waals surface area contributed by atoms with Crippen molar-refractivity contribution < 1.29 is 0 Å². The summed E-state index contributed by atoms with van der Waals surface area (Å²) in [7, 11) is 0. The van der Waals surface area contributed by atoms with E-state index in [9.17, 15) is 0 Å². The Hall–Kier alpha value is -1.08. The summed E-state index contributed by atoms with van der Waals surface area (Å²) < 4.78 is 0. The fourth-order valence-electron chi connectivity index (χ4n) is 2.03. The van der Waals surface area contributed by atoms with Gasteiger partial charge in [-0.15, -0.1) is 11.3 Å². The molecule has 2 rings (SSSR count). The van der Waals surface area contributed by atoms with Crippen molar-refractivity contribution in [2.24, 2.45) is 0 Å². The Morgan fingerprint density at radius 1 is 1.12 bits per heavy atom. The van der Waals surface area contributed by atoms with Crippen molar-refractivity contribution in [3.8, 4) is 10.4 Å². The van der Waals surface area contributed by atoms with Gasteiger partial charge >= 0.3 is 0 Å². The average Bonchev–Trinajstić information content (AvgIpc) is 2.71. The Labute approximate surface area is 108 Å². The fourth-order valence-corrected chi connectivity index (χ4v) is 3.14. The van der Waals surface area contributed by atoms with Gasteiger partial charge in [0.05, 0.1) is 0 Å². The normalized spacial score (nSPS) is 11.1. The van der Waals surface area contributed by atoms with Crippen LogP contribution in [0.1, 0.15) is 42.7 Å². The molecule has 0 N–H and O–H groups in total. The highest BCUT2D eigenvalue weighted by molar-refractivity contribution is 7.15. The highest BCUT2D eigenvalue weighted by atomic mass is 32.1. The lowest BCUT2D eigenvalue weighted by Gasteiger charge is -2.06. The Bertz CT molecular complexity index is 489. The maximum atomic E-state index is 2.32. The first-order chi connectivity index (χ1) is 8.11. The lowest BCUT2D eigenvalue weighted by Crippen LogP contribution is -1.86. The lowest BCUT2D eigenvalue weighted by molar-refractivity contribution is 0.867. The molecule has 90 valence electrons. The second-order valence-electron chi connectivity index (χ2n) is 4.86. The van der Waals surface area contributed by atoms with E-state index in [1.165, 1.54) is 26.4 Å². The second-order valence-corrected chi connectivity index (χ2v) is 5.99. The van der Waals surface area contributed by atoms with Gasteiger partial charge in [-0.2, -0.15) is 0 Å². The van der Waals surface area contributed by atoms with E-state index >= 15 is 0 Å². The quantitative estimate of drug-likeness (QED) is 0.677. The van der Waals surface area contributed by atoms with Gasteiger partial charge in [0.25, 0.3) is 0 Å². The molecule has 0 saturated heterocycles. The van der Waals surface area contributed by atoms with Gasteiger partial charge in [0.2, 0.25) is 0 Å². The van der Waals surface area contributed by atoms with Crippen molar-refractivity contribution in [1.29, 1.82) is 0 Å². The number of aryl methyl sites for hydroxylation is 2. The van der Waals surface area contributed by atoms with Crippen LogP contribution in [0.2, 0.25) is 0 Å². The molecule has 0 amide bonds. The first-order valence-electron chi connectivity index (χ1n) is 6.31. The second kappa shape index (κ2) is 5.05. The summed E-state index contributed by atoms with van der Waals surface area (Å²) >= 11 is 1.93. The lowest BCUT2D eigenvalue weighted by atomic mass is 10.0. The molecule has 0 spiro atoms. The van der Waals surface area contributed by atoms with Crippen LogP contribution in [0.4, 0.5) is 0 Å². The predicted molar refractivity (Wildman–Crippen MR) is 78.0 cm³/mol. The molecule has 1 heterocycles. The third-order valence-electron chi connectivity index (χ3n) is 3.16. The van der Waals surface area contributed by atoms with Gasteiger partial charge in [-0.05, 0) is 42.0 Å². The smallest absolute Gasteiger partial charge is 0.0374 e. The van der Waals surface area contributed by atoms with Crippen molar-refractivity contribution in [3.63, 3.8) is 0 Å².